The van der Waals surface area contributed by atoms with Crippen LogP contribution in [-0.2, 0) is 6.42 Å². The lowest BCUT2D eigenvalue weighted by Crippen LogP contribution is -2.24. The number of thiazole rings is 1. The standard InChI is InChI=1S/C12H14N2S/c1-8-14-10-6-9(2-3-11(10)15-8)7-12(13)4-5-12/h2-3,6H,4-5,7,13H2,1H3. The van der Waals surface area contributed by atoms with E-state index in [1.54, 1.807) is 11.3 Å². The molecule has 0 spiro atoms. The minimum atomic E-state index is 0.0960. The molecule has 0 amide bonds. The third-order valence-corrected chi connectivity index (χ3v) is 3.96. The number of nitrogens with zero attached hydrogens (tertiary/aromatic N) is 1. The Kier molecular flexibility index (Phi) is 1.88. The summed E-state index contributed by atoms with van der Waals surface area (Å²) in [5.74, 6) is 0. The Morgan fingerprint density at radius 1 is 1.47 bits per heavy atom. The van der Waals surface area contributed by atoms with Gasteiger partial charge >= 0.3 is 0 Å². The first-order valence-corrected chi connectivity index (χ1v) is 6.11. The van der Waals surface area contributed by atoms with E-state index in [0.29, 0.717) is 0 Å². The lowest BCUT2D eigenvalue weighted by atomic mass is 10.1. The number of benzene rings is 1. The second-order valence-corrected chi connectivity index (χ2v) is 5.81. The molecule has 3 heteroatoms. The number of rotatable bonds is 2. The highest BCUT2D eigenvalue weighted by Gasteiger charge is 2.37. The van der Waals surface area contributed by atoms with Crippen molar-refractivity contribution in [2.45, 2.75) is 31.7 Å². The number of hydrogen-bond acceptors (Lipinski definition) is 3. The van der Waals surface area contributed by atoms with Gasteiger partial charge in [-0.25, -0.2) is 4.98 Å². The molecule has 0 saturated heterocycles. The molecule has 0 bridgehead atoms. The largest absolute Gasteiger partial charge is 0.325 e. The first kappa shape index (κ1) is 9.31. The van der Waals surface area contributed by atoms with Gasteiger partial charge in [-0.05, 0) is 43.9 Å². The van der Waals surface area contributed by atoms with Crippen molar-refractivity contribution >= 4 is 21.6 Å². The van der Waals surface area contributed by atoms with E-state index in [4.69, 9.17) is 5.73 Å². The molecule has 1 aromatic carbocycles. The highest BCUT2D eigenvalue weighted by atomic mass is 32.1. The van der Waals surface area contributed by atoms with Crippen LogP contribution in [0, 0.1) is 6.92 Å². The summed E-state index contributed by atoms with van der Waals surface area (Å²) in [6.45, 7) is 2.05. The average Bonchev–Trinajstić information content (AvgIpc) is 2.76. The maximum Gasteiger partial charge on any atom is 0.0907 e. The summed E-state index contributed by atoms with van der Waals surface area (Å²) in [4.78, 5) is 4.50. The molecule has 0 radical (unpaired) electrons. The Bertz CT molecular complexity index is 511. The maximum atomic E-state index is 6.11. The number of aromatic nitrogens is 1. The molecule has 0 atom stereocenters. The Labute approximate surface area is 93.1 Å². The Morgan fingerprint density at radius 3 is 3.00 bits per heavy atom. The fraction of sp³-hybridized carbons (Fsp3) is 0.417. The molecule has 1 heterocycles. The number of fused-ring (bicyclic) bond motifs is 1. The van der Waals surface area contributed by atoms with E-state index < -0.39 is 0 Å². The molecule has 3 rings (SSSR count). The Morgan fingerprint density at radius 2 is 2.27 bits per heavy atom. The molecule has 78 valence electrons. The van der Waals surface area contributed by atoms with Gasteiger partial charge in [0.05, 0.1) is 15.2 Å². The first-order chi connectivity index (χ1) is 7.15. The topological polar surface area (TPSA) is 38.9 Å². The Hall–Kier alpha value is -0.930. The predicted molar refractivity (Wildman–Crippen MR) is 64.2 cm³/mol. The monoisotopic (exact) mass is 218 g/mol. The van der Waals surface area contributed by atoms with Crippen molar-refractivity contribution in [3.63, 3.8) is 0 Å². The third-order valence-electron chi connectivity index (χ3n) is 3.01. The molecule has 15 heavy (non-hydrogen) atoms. The van der Waals surface area contributed by atoms with Gasteiger partial charge in [-0.1, -0.05) is 6.07 Å². The summed E-state index contributed by atoms with van der Waals surface area (Å²) in [5, 5.41) is 1.14. The van der Waals surface area contributed by atoms with Gasteiger partial charge in [0.1, 0.15) is 0 Å². The summed E-state index contributed by atoms with van der Waals surface area (Å²) < 4.78 is 1.28. The molecule has 1 aromatic heterocycles. The summed E-state index contributed by atoms with van der Waals surface area (Å²) in [6, 6.07) is 6.54. The van der Waals surface area contributed by atoms with Crippen LogP contribution >= 0.6 is 11.3 Å². The van der Waals surface area contributed by atoms with Crippen LogP contribution in [0.5, 0.6) is 0 Å². The molecule has 1 saturated carbocycles. The second-order valence-electron chi connectivity index (χ2n) is 4.57. The number of aryl methyl sites for hydroxylation is 1. The van der Waals surface area contributed by atoms with Crippen LogP contribution in [0.25, 0.3) is 10.2 Å². The molecule has 0 unspecified atom stereocenters. The van der Waals surface area contributed by atoms with Gasteiger partial charge in [0.2, 0.25) is 0 Å². The zero-order valence-electron chi connectivity index (χ0n) is 8.79. The highest BCUT2D eigenvalue weighted by molar-refractivity contribution is 7.18. The van der Waals surface area contributed by atoms with Crippen LogP contribution in [-0.4, -0.2) is 10.5 Å². The van der Waals surface area contributed by atoms with Crippen LogP contribution in [0.3, 0.4) is 0 Å². The molecule has 2 aromatic rings. The summed E-state index contributed by atoms with van der Waals surface area (Å²) in [7, 11) is 0. The van der Waals surface area contributed by atoms with Gasteiger partial charge in [0, 0.05) is 5.54 Å². The van der Waals surface area contributed by atoms with Crippen molar-refractivity contribution in [3.05, 3.63) is 28.8 Å². The van der Waals surface area contributed by atoms with Crippen molar-refractivity contribution < 1.29 is 0 Å². The van der Waals surface area contributed by atoms with Crippen molar-refractivity contribution in [3.8, 4) is 0 Å². The molecule has 2 N–H and O–H groups in total. The van der Waals surface area contributed by atoms with Gasteiger partial charge in [-0.2, -0.15) is 0 Å². The van der Waals surface area contributed by atoms with Crippen molar-refractivity contribution in [1.82, 2.24) is 4.98 Å². The van der Waals surface area contributed by atoms with E-state index in [0.717, 1.165) is 16.9 Å². The SMILES string of the molecule is Cc1nc2cc(CC3(N)CC3)ccc2s1. The maximum absolute atomic E-state index is 6.11. The zero-order valence-corrected chi connectivity index (χ0v) is 9.60. The van der Waals surface area contributed by atoms with Gasteiger partial charge < -0.3 is 5.73 Å². The summed E-state index contributed by atoms with van der Waals surface area (Å²) >= 11 is 1.75. The van der Waals surface area contributed by atoms with Gasteiger partial charge in [0.25, 0.3) is 0 Å². The fourth-order valence-electron chi connectivity index (χ4n) is 1.94. The van der Waals surface area contributed by atoms with Crippen LogP contribution < -0.4 is 5.73 Å². The van der Waals surface area contributed by atoms with Crippen LogP contribution in [0.1, 0.15) is 23.4 Å². The molecule has 1 fully saturated rings. The van der Waals surface area contributed by atoms with E-state index in [2.05, 4.69) is 30.1 Å². The highest BCUT2D eigenvalue weighted by Crippen LogP contribution is 2.36. The van der Waals surface area contributed by atoms with E-state index >= 15 is 0 Å². The summed E-state index contributed by atoms with van der Waals surface area (Å²) in [5.41, 5.74) is 8.66. The lowest BCUT2D eigenvalue weighted by Gasteiger charge is -2.07. The van der Waals surface area contributed by atoms with Gasteiger partial charge in [-0.15, -0.1) is 11.3 Å². The fourth-order valence-corrected chi connectivity index (χ4v) is 2.75. The smallest absolute Gasteiger partial charge is 0.0907 e. The first-order valence-electron chi connectivity index (χ1n) is 5.30. The molecule has 1 aliphatic rings. The van der Waals surface area contributed by atoms with Gasteiger partial charge in [0.15, 0.2) is 0 Å². The van der Waals surface area contributed by atoms with E-state index in [1.807, 2.05) is 0 Å². The molecule has 0 aliphatic heterocycles. The van der Waals surface area contributed by atoms with Crippen LogP contribution in [0.15, 0.2) is 18.2 Å². The van der Waals surface area contributed by atoms with Crippen molar-refractivity contribution in [2.75, 3.05) is 0 Å². The number of nitrogens with two attached hydrogens (primary N) is 1. The molecular weight excluding hydrogens is 204 g/mol. The van der Waals surface area contributed by atoms with E-state index in [9.17, 15) is 0 Å². The van der Waals surface area contributed by atoms with Gasteiger partial charge in [-0.3, -0.25) is 0 Å². The van der Waals surface area contributed by atoms with Crippen molar-refractivity contribution in [1.29, 1.82) is 0 Å². The molecule has 2 nitrogen and oxygen atoms in total. The van der Waals surface area contributed by atoms with E-state index in [1.165, 1.54) is 23.1 Å². The molecular formula is C12H14N2S. The predicted octanol–water partition coefficient (Wildman–Crippen LogP) is 2.64. The quantitative estimate of drug-likeness (QED) is 0.841. The summed E-state index contributed by atoms with van der Waals surface area (Å²) in [6.07, 6.45) is 3.34. The average molecular weight is 218 g/mol. The minimum Gasteiger partial charge on any atom is -0.325 e. The minimum absolute atomic E-state index is 0.0960. The van der Waals surface area contributed by atoms with Crippen molar-refractivity contribution in [2.24, 2.45) is 5.73 Å². The Balaban J connectivity index is 1.98. The van der Waals surface area contributed by atoms with Crippen LogP contribution in [0.4, 0.5) is 0 Å². The molecule has 1 aliphatic carbocycles. The zero-order chi connectivity index (χ0) is 10.5. The number of hydrogen-bond donors (Lipinski definition) is 1. The normalized spacial score (nSPS) is 18.3. The van der Waals surface area contributed by atoms with E-state index in [-0.39, 0.29) is 5.54 Å². The third kappa shape index (κ3) is 1.77. The van der Waals surface area contributed by atoms with Crippen LogP contribution in [0.2, 0.25) is 0 Å². The second kappa shape index (κ2) is 3.03. The lowest BCUT2D eigenvalue weighted by molar-refractivity contribution is 0.672.